The number of nitrogens with zero attached hydrogens (tertiary/aromatic N) is 1. The third-order valence-electron chi connectivity index (χ3n) is 3.43. The Morgan fingerprint density at radius 2 is 2.15 bits per heavy atom. The molecule has 0 saturated carbocycles. The molecule has 1 aliphatic rings. The van der Waals surface area contributed by atoms with E-state index in [9.17, 15) is 8.42 Å². The van der Waals surface area contributed by atoms with Gasteiger partial charge in [0, 0.05) is 5.56 Å². The normalized spacial score (nSPS) is 19.1. The van der Waals surface area contributed by atoms with Gasteiger partial charge in [-0.2, -0.15) is 0 Å². The molecule has 0 bridgehead atoms. The summed E-state index contributed by atoms with van der Waals surface area (Å²) in [7, 11) is -3.59. The fourth-order valence-corrected chi connectivity index (χ4v) is 2.96. The second-order valence-corrected chi connectivity index (χ2v) is 7.08. The lowest BCUT2D eigenvalue weighted by atomic mass is 10.0. The van der Waals surface area contributed by atoms with E-state index in [0.717, 1.165) is 11.1 Å². The van der Waals surface area contributed by atoms with Crippen LogP contribution in [-0.4, -0.2) is 27.0 Å². The van der Waals surface area contributed by atoms with Crippen molar-refractivity contribution in [3.63, 3.8) is 0 Å². The van der Waals surface area contributed by atoms with Crippen molar-refractivity contribution >= 4 is 15.9 Å². The van der Waals surface area contributed by atoms with E-state index in [-0.39, 0.29) is 11.8 Å². The Morgan fingerprint density at radius 3 is 2.70 bits per heavy atom. The SMILES string of the molecule is Cc1cccc(C2=N[C@@H](C(C)C)CO2)c1CS(N)(=O)=O. The molecule has 0 unspecified atom stereocenters. The van der Waals surface area contributed by atoms with E-state index in [2.05, 4.69) is 18.8 Å². The van der Waals surface area contributed by atoms with Crippen LogP contribution in [0.3, 0.4) is 0 Å². The zero-order valence-corrected chi connectivity index (χ0v) is 12.8. The molecule has 0 aromatic heterocycles. The predicted octanol–water partition coefficient (Wildman–Crippen LogP) is 1.58. The molecule has 0 aliphatic carbocycles. The minimum atomic E-state index is -3.59. The van der Waals surface area contributed by atoms with Crippen LogP contribution >= 0.6 is 0 Å². The van der Waals surface area contributed by atoms with Crippen molar-refractivity contribution in [1.82, 2.24) is 0 Å². The smallest absolute Gasteiger partial charge is 0.216 e. The Bertz CT molecular complexity index is 636. The van der Waals surface area contributed by atoms with E-state index in [1.54, 1.807) is 0 Å². The van der Waals surface area contributed by atoms with Gasteiger partial charge in [0.05, 0.1) is 11.8 Å². The highest BCUT2D eigenvalue weighted by molar-refractivity contribution is 7.88. The van der Waals surface area contributed by atoms with Gasteiger partial charge in [-0.3, -0.25) is 0 Å². The van der Waals surface area contributed by atoms with Gasteiger partial charge in [-0.25, -0.2) is 18.5 Å². The summed E-state index contributed by atoms with van der Waals surface area (Å²) in [5.74, 6) is 0.703. The summed E-state index contributed by atoms with van der Waals surface area (Å²) in [4.78, 5) is 4.55. The second-order valence-electron chi connectivity index (χ2n) is 5.46. The zero-order valence-electron chi connectivity index (χ0n) is 12.0. The standard InChI is InChI=1S/C14H20N2O3S/c1-9(2)13-7-19-14(16-13)11-6-4-5-10(3)12(11)8-20(15,17)18/h4-6,9,13H,7-8H2,1-3H3,(H2,15,17,18)/t13-/m1/s1. The molecule has 2 rings (SSSR count). The number of sulfonamides is 1. The first kappa shape index (κ1) is 15.0. The van der Waals surface area contributed by atoms with Crippen LogP contribution in [0.25, 0.3) is 0 Å². The minimum Gasteiger partial charge on any atom is -0.475 e. The van der Waals surface area contributed by atoms with Crippen molar-refractivity contribution in [3.8, 4) is 0 Å². The lowest BCUT2D eigenvalue weighted by molar-refractivity contribution is 0.291. The number of rotatable bonds is 4. The van der Waals surface area contributed by atoms with E-state index in [0.29, 0.717) is 24.0 Å². The molecule has 2 N–H and O–H groups in total. The molecular weight excluding hydrogens is 276 g/mol. The fourth-order valence-electron chi connectivity index (χ4n) is 2.17. The van der Waals surface area contributed by atoms with Crippen molar-refractivity contribution in [1.29, 1.82) is 0 Å². The predicted molar refractivity (Wildman–Crippen MR) is 79.1 cm³/mol. The molecule has 1 aromatic rings. The summed E-state index contributed by atoms with van der Waals surface area (Å²) in [6, 6.07) is 5.67. The summed E-state index contributed by atoms with van der Waals surface area (Å²) < 4.78 is 28.4. The largest absolute Gasteiger partial charge is 0.475 e. The molecule has 0 saturated heterocycles. The molecule has 1 heterocycles. The van der Waals surface area contributed by atoms with Crippen LogP contribution in [0.2, 0.25) is 0 Å². The first-order valence-corrected chi connectivity index (χ1v) is 8.29. The maximum Gasteiger partial charge on any atom is 0.216 e. The number of nitrogens with two attached hydrogens (primary N) is 1. The number of primary sulfonamides is 1. The molecule has 6 heteroatoms. The van der Waals surface area contributed by atoms with Crippen LogP contribution in [0.4, 0.5) is 0 Å². The highest BCUT2D eigenvalue weighted by atomic mass is 32.2. The molecule has 1 atom stereocenters. The van der Waals surface area contributed by atoms with Crippen molar-refractivity contribution in [2.45, 2.75) is 32.6 Å². The van der Waals surface area contributed by atoms with Gasteiger partial charge in [-0.05, 0) is 30.0 Å². The molecule has 20 heavy (non-hydrogen) atoms. The molecule has 5 nitrogen and oxygen atoms in total. The van der Waals surface area contributed by atoms with Crippen LogP contribution in [0.5, 0.6) is 0 Å². The van der Waals surface area contributed by atoms with Crippen LogP contribution < -0.4 is 5.14 Å². The number of aryl methyl sites for hydroxylation is 1. The minimum absolute atomic E-state index is 0.118. The van der Waals surface area contributed by atoms with Gasteiger partial charge in [0.15, 0.2) is 0 Å². The van der Waals surface area contributed by atoms with Gasteiger partial charge < -0.3 is 4.74 Å². The Balaban J connectivity index is 2.43. The molecular formula is C14H20N2O3S. The summed E-state index contributed by atoms with van der Waals surface area (Å²) in [5, 5.41) is 5.17. The van der Waals surface area contributed by atoms with Gasteiger partial charge in [0.25, 0.3) is 0 Å². The number of ether oxygens (including phenoxy) is 1. The van der Waals surface area contributed by atoms with Crippen molar-refractivity contribution in [2.24, 2.45) is 16.0 Å². The molecule has 0 radical (unpaired) electrons. The van der Waals surface area contributed by atoms with Crippen LogP contribution in [0.15, 0.2) is 23.2 Å². The molecule has 110 valence electrons. The van der Waals surface area contributed by atoms with Gasteiger partial charge in [0.2, 0.25) is 15.9 Å². The van der Waals surface area contributed by atoms with Crippen LogP contribution in [0.1, 0.15) is 30.5 Å². The number of aliphatic imine (C=N–C) groups is 1. The second kappa shape index (κ2) is 5.54. The molecule has 1 aliphatic heterocycles. The lowest BCUT2D eigenvalue weighted by Crippen LogP contribution is -2.18. The average molecular weight is 296 g/mol. The maximum absolute atomic E-state index is 11.4. The molecule has 0 amide bonds. The van der Waals surface area contributed by atoms with Crippen molar-refractivity contribution in [3.05, 3.63) is 34.9 Å². The van der Waals surface area contributed by atoms with E-state index in [1.807, 2.05) is 25.1 Å². The third kappa shape index (κ3) is 3.37. The Hall–Kier alpha value is -1.40. The van der Waals surface area contributed by atoms with Crippen molar-refractivity contribution < 1.29 is 13.2 Å². The highest BCUT2D eigenvalue weighted by Crippen LogP contribution is 2.23. The molecule has 1 aromatic carbocycles. The molecule has 0 spiro atoms. The van der Waals surface area contributed by atoms with E-state index in [4.69, 9.17) is 9.88 Å². The molecule has 0 fully saturated rings. The quantitative estimate of drug-likeness (QED) is 0.916. The van der Waals surface area contributed by atoms with Crippen LogP contribution in [-0.2, 0) is 20.5 Å². The van der Waals surface area contributed by atoms with Crippen LogP contribution in [0, 0.1) is 12.8 Å². The average Bonchev–Trinajstić information content (AvgIpc) is 2.79. The van der Waals surface area contributed by atoms with Gasteiger partial charge >= 0.3 is 0 Å². The number of hydrogen-bond acceptors (Lipinski definition) is 4. The third-order valence-corrected chi connectivity index (χ3v) is 4.12. The number of benzene rings is 1. The summed E-state index contributed by atoms with van der Waals surface area (Å²) in [5.41, 5.74) is 2.26. The highest BCUT2D eigenvalue weighted by Gasteiger charge is 2.25. The fraction of sp³-hybridized carbons (Fsp3) is 0.500. The van der Waals surface area contributed by atoms with E-state index >= 15 is 0 Å². The topological polar surface area (TPSA) is 81.8 Å². The zero-order chi connectivity index (χ0) is 14.9. The number of hydrogen-bond donors (Lipinski definition) is 1. The summed E-state index contributed by atoms with van der Waals surface area (Å²) in [6.45, 7) is 6.57. The Labute approximate surface area is 119 Å². The monoisotopic (exact) mass is 296 g/mol. The van der Waals surface area contributed by atoms with Gasteiger partial charge in [0.1, 0.15) is 6.61 Å². The van der Waals surface area contributed by atoms with E-state index in [1.165, 1.54) is 0 Å². The maximum atomic E-state index is 11.4. The summed E-state index contributed by atoms with van der Waals surface area (Å²) in [6.07, 6.45) is 0. The Kier molecular flexibility index (Phi) is 4.15. The van der Waals surface area contributed by atoms with E-state index < -0.39 is 10.0 Å². The van der Waals surface area contributed by atoms with Gasteiger partial charge in [-0.15, -0.1) is 0 Å². The first-order valence-electron chi connectivity index (χ1n) is 6.58. The first-order chi connectivity index (χ1) is 9.28. The lowest BCUT2D eigenvalue weighted by Gasteiger charge is -2.11. The van der Waals surface area contributed by atoms with Crippen molar-refractivity contribution in [2.75, 3.05) is 6.61 Å². The Morgan fingerprint density at radius 1 is 1.45 bits per heavy atom. The summed E-state index contributed by atoms with van der Waals surface area (Å²) >= 11 is 0. The van der Waals surface area contributed by atoms with Gasteiger partial charge in [-0.1, -0.05) is 26.0 Å².